The molecule has 4 nitrogen and oxygen atoms in total. The summed E-state index contributed by atoms with van der Waals surface area (Å²) in [5.74, 6) is -52.2. The minimum atomic E-state index is -7.97. The molecule has 4 N–H and O–H groups in total. The monoisotopic (exact) mass is 388 g/mol. The number of rotatable bonds is 7. The van der Waals surface area contributed by atoms with E-state index in [1.807, 2.05) is 0 Å². The molecule has 0 aromatic carbocycles. The molecule has 0 spiro atoms. The van der Waals surface area contributed by atoms with Crippen LogP contribution in [0, 0.1) is 0 Å². The molecule has 24 heavy (non-hydrogen) atoms. The highest BCUT2D eigenvalue weighted by atomic mass is 19.4. The van der Waals surface area contributed by atoms with Gasteiger partial charge in [0.05, 0.1) is 0 Å². The van der Waals surface area contributed by atoms with Crippen LogP contribution in [0.2, 0.25) is 0 Å². The molecule has 0 unspecified atom stereocenters. The third-order valence-corrected chi connectivity index (χ3v) is 2.59. The predicted octanol–water partition coefficient (Wildman–Crippen LogP) is 1.77. The van der Waals surface area contributed by atoms with Crippen LogP contribution in [0.15, 0.2) is 0 Å². The highest BCUT2D eigenvalue weighted by Crippen LogP contribution is 2.59. The first-order valence-electron chi connectivity index (χ1n) is 5.00. The number of primary amides is 2. The summed E-state index contributed by atoms with van der Waals surface area (Å²) in [5, 5.41) is 0. The van der Waals surface area contributed by atoms with Crippen molar-refractivity contribution < 1.29 is 62.3 Å². The summed E-state index contributed by atoms with van der Waals surface area (Å²) in [5.41, 5.74) is 7.16. The lowest BCUT2D eigenvalue weighted by Gasteiger charge is -2.39. The molecule has 0 saturated carbocycles. The number of carbonyl (C=O) groups is 2. The maximum Gasteiger partial charge on any atom is 0.392 e. The van der Waals surface area contributed by atoms with Gasteiger partial charge in [0.2, 0.25) is 0 Å². The van der Waals surface area contributed by atoms with Gasteiger partial charge in [-0.1, -0.05) is 0 Å². The van der Waals surface area contributed by atoms with Gasteiger partial charge in [-0.05, 0) is 0 Å². The van der Waals surface area contributed by atoms with Crippen molar-refractivity contribution >= 4 is 11.8 Å². The summed E-state index contributed by atoms with van der Waals surface area (Å²) in [7, 11) is 0. The number of carbonyl (C=O) groups excluding carboxylic acids is 2. The summed E-state index contributed by atoms with van der Waals surface area (Å²) in [6, 6.07) is 0. The van der Waals surface area contributed by atoms with Gasteiger partial charge in [0.15, 0.2) is 0 Å². The molecule has 16 heteroatoms. The van der Waals surface area contributed by atoms with E-state index in [2.05, 4.69) is 11.5 Å². The van der Waals surface area contributed by atoms with Crippen LogP contribution in [0.4, 0.5) is 52.7 Å². The lowest BCUT2D eigenvalue weighted by Crippen LogP contribution is -2.73. The molecule has 2 amide bonds. The number of nitrogens with two attached hydrogens (primary N) is 2. The Bertz CT molecular complexity index is 495. The van der Waals surface area contributed by atoms with Crippen LogP contribution < -0.4 is 11.5 Å². The van der Waals surface area contributed by atoms with Gasteiger partial charge in [-0.2, -0.15) is 52.7 Å². The van der Waals surface area contributed by atoms with Gasteiger partial charge in [-0.15, -0.1) is 0 Å². The van der Waals surface area contributed by atoms with Gasteiger partial charge < -0.3 is 11.5 Å². The van der Waals surface area contributed by atoms with Crippen molar-refractivity contribution in [1.29, 1.82) is 0 Å². The SMILES string of the molecule is NC(=O)C(F)(F)C(F)(F)C(F)(F)C(F)(F)C(F)(F)C(F)(F)C(N)=O. The molecule has 0 rings (SSSR count). The van der Waals surface area contributed by atoms with Gasteiger partial charge in [0.1, 0.15) is 0 Å². The van der Waals surface area contributed by atoms with Crippen LogP contribution in [0.1, 0.15) is 0 Å². The topological polar surface area (TPSA) is 86.2 Å². The van der Waals surface area contributed by atoms with Crippen molar-refractivity contribution in [1.82, 2.24) is 0 Å². The van der Waals surface area contributed by atoms with Gasteiger partial charge >= 0.3 is 35.5 Å². The Morgan fingerprint density at radius 1 is 0.458 bits per heavy atom. The second kappa shape index (κ2) is 5.30. The van der Waals surface area contributed by atoms with Crippen LogP contribution in [0.25, 0.3) is 0 Å². The zero-order valence-electron chi connectivity index (χ0n) is 10.5. The first kappa shape index (κ1) is 22.1. The average molecular weight is 388 g/mol. The Hall–Kier alpha value is -1.90. The summed E-state index contributed by atoms with van der Waals surface area (Å²) in [6.45, 7) is 0. The Balaban J connectivity index is 6.48. The van der Waals surface area contributed by atoms with Crippen LogP contribution in [-0.2, 0) is 9.59 Å². The van der Waals surface area contributed by atoms with E-state index in [4.69, 9.17) is 0 Å². The van der Waals surface area contributed by atoms with Crippen molar-refractivity contribution in [2.24, 2.45) is 11.5 Å². The fourth-order valence-corrected chi connectivity index (χ4v) is 1.10. The van der Waals surface area contributed by atoms with Crippen LogP contribution in [0.3, 0.4) is 0 Å². The van der Waals surface area contributed by atoms with E-state index in [9.17, 15) is 62.3 Å². The molecule has 0 aromatic heterocycles. The van der Waals surface area contributed by atoms with Crippen molar-refractivity contribution in [3.8, 4) is 0 Å². The summed E-state index contributed by atoms with van der Waals surface area (Å²) >= 11 is 0. The molecule has 0 saturated heterocycles. The third kappa shape index (κ3) is 2.42. The van der Waals surface area contributed by atoms with Gasteiger partial charge in [0, 0.05) is 0 Å². The van der Waals surface area contributed by atoms with Crippen molar-refractivity contribution in [3.05, 3.63) is 0 Å². The molecule has 0 aliphatic carbocycles. The molecule has 0 atom stereocenters. The minimum Gasteiger partial charge on any atom is -0.364 e. The molecule has 0 aliphatic rings. The number of hydrogen-bond acceptors (Lipinski definition) is 2. The fraction of sp³-hybridized carbons (Fsp3) is 0.750. The number of amides is 2. The highest BCUT2D eigenvalue weighted by molar-refractivity contribution is 5.84. The molecule has 0 aliphatic heterocycles. The van der Waals surface area contributed by atoms with E-state index in [0.29, 0.717) is 0 Å². The molecule has 0 fully saturated rings. The normalized spacial score (nSPS) is 15.3. The van der Waals surface area contributed by atoms with Gasteiger partial charge in [-0.3, -0.25) is 9.59 Å². The standard InChI is InChI=1S/C8H4F12N2O2/c9-3(10,1(21)23)5(13,14)7(17,18)8(19,20)6(15,16)4(11,12)2(22)24/h(H2,21,23)(H2,22,24). The predicted molar refractivity (Wildman–Crippen MR) is 48.1 cm³/mol. The third-order valence-electron chi connectivity index (χ3n) is 2.59. The summed E-state index contributed by atoms with van der Waals surface area (Å²) < 4.78 is 154. The molecular weight excluding hydrogens is 384 g/mol. The van der Waals surface area contributed by atoms with E-state index in [-0.39, 0.29) is 0 Å². The number of alkyl halides is 12. The van der Waals surface area contributed by atoms with E-state index < -0.39 is 47.3 Å². The molecule has 0 radical (unpaired) electrons. The zero-order valence-corrected chi connectivity index (χ0v) is 10.5. The Kier molecular flexibility index (Phi) is 4.88. The summed E-state index contributed by atoms with van der Waals surface area (Å²) in [6.07, 6.45) is 0. The average Bonchev–Trinajstić information content (AvgIpc) is 2.36. The molecule has 0 aromatic rings. The Labute approximate surface area is 122 Å². The smallest absolute Gasteiger partial charge is 0.364 e. The molecule has 0 bridgehead atoms. The van der Waals surface area contributed by atoms with Crippen LogP contribution in [-0.4, -0.2) is 47.3 Å². The van der Waals surface area contributed by atoms with Gasteiger partial charge in [-0.25, -0.2) is 0 Å². The molecule has 0 heterocycles. The Morgan fingerprint density at radius 2 is 0.625 bits per heavy atom. The quantitative estimate of drug-likeness (QED) is 0.652. The van der Waals surface area contributed by atoms with E-state index in [1.165, 1.54) is 0 Å². The number of halogens is 12. The maximum atomic E-state index is 13.0. The van der Waals surface area contributed by atoms with E-state index in [0.717, 1.165) is 0 Å². The second-order valence-electron chi connectivity index (χ2n) is 4.17. The molecular formula is C8H4F12N2O2. The van der Waals surface area contributed by atoms with Crippen LogP contribution >= 0.6 is 0 Å². The first-order valence-corrected chi connectivity index (χ1v) is 5.00. The summed E-state index contributed by atoms with van der Waals surface area (Å²) in [4.78, 5) is 20.0. The Morgan fingerprint density at radius 3 is 0.750 bits per heavy atom. The van der Waals surface area contributed by atoms with Crippen molar-refractivity contribution in [2.75, 3.05) is 0 Å². The lowest BCUT2D eigenvalue weighted by molar-refractivity contribution is -0.414. The van der Waals surface area contributed by atoms with E-state index >= 15 is 0 Å². The van der Waals surface area contributed by atoms with E-state index in [1.54, 1.807) is 0 Å². The first-order chi connectivity index (χ1) is 10.1. The second-order valence-corrected chi connectivity index (χ2v) is 4.17. The minimum absolute atomic E-state index is 3.58. The fourth-order valence-electron chi connectivity index (χ4n) is 1.10. The lowest BCUT2D eigenvalue weighted by atomic mass is 9.91. The number of hydrogen-bond donors (Lipinski definition) is 2. The largest absolute Gasteiger partial charge is 0.392 e. The van der Waals surface area contributed by atoms with Crippen molar-refractivity contribution in [3.63, 3.8) is 0 Å². The molecule has 142 valence electrons. The maximum absolute atomic E-state index is 13.0. The van der Waals surface area contributed by atoms with Crippen LogP contribution in [0.5, 0.6) is 0 Å². The highest BCUT2D eigenvalue weighted by Gasteiger charge is 2.91. The van der Waals surface area contributed by atoms with Gasteiger partial charge in [0.25, 0.3) is 11.8 Å². The zero-order chi connectivity index (χ0) is 20.2. The van der Waals surface area contributed by atoms with Crippen molar-refractivity contribution in [2.45, 2.75) is 35.5 Å².